The van der Waals surface area contributed by atoms with Gasteiger partial charge >= 0.3 is 5.97 Å². The summed E-state index contributed by atoms with van der Waals surface area (Å²) in [5.41, 5.74) is -0.521. The number of hydrogen-bond acceptors (Lipinski definition) is 8. The summed E-state index contributed by atoms with van der Waals surface area (Å²) in [7, 11) is 0. The van der Waals surface area contributed by atoms with Gasteiger partial charge in [-0.1, -0.05) is 271 Å². The van der Waals surface area contributed by atoms with Crippen LogP contribution in [0.3, 0.4) is 0 Å². The van der Waals surface area contributed by atoms with Crippen molar-refractivity contribution in [1.29, 1.82) is 0 Å². The fraction of sp³-hybridized carbons (Fsp3) is 0.986. The minimum Gasteiger partial charge on any atom is -0.465 e. The first kappa shape index (κ1) is 70.7. The number of hydrogen-bond donors (Lipinski definition) is 1. The molecule has 6 atom stereocenters. The molecule has 1 N–H and O–H groups in total. The predicted molar refractivity (Wildman–Crippen MR) is 336 cm³/mol. The van der Waals surface area contributed by atoms with Gasteiger partial charge < -0.3 is 29.0 Å². The molecule has 0 aromatic rings. The maximum absolute atomic E-state index is 13.5. The smallest absolute Gasteiger partial charge is 0.307 e. The summed E-state index contributed by atoms with van der Waals surface area (Å²) in [6.45, 7) is 16.3. The van der Waals surface area contributed by atoms with Gasteiger partial charge in [0.05, 0.1) is 38.3 Å². The Hall–Kier alpha value is -0.770. The molecule has 4 fully saturated rings. The number of aliphatic hydroxyl groups is 1. The highest BCUT2D eigenvalue weighted by atomic mass is 16.5. The van der Waals surface area contributed by atoms with Crippen LogP contribution in [0.15, 0.2) is 0 Å². The van der Waals surface area contributed by atoms with Crippen LogP contribution in [0.25, 0.3) is 0 Å². The van der Waals surface area contributed by atoms with E-state index in [9.17, 15) is 9.90 Å². The molecular formula is C71H136N2O6. The number of carbonyl (C=O) groups is 1. The van der Waals surface area contributed by atoms with E-state index in [1.54, 1.807) is 0 Å². The molecule has 466 valence electrons. The van der Waals surface area contributed by atoms with Gasteiger partial charge in [-0.3, -0.25) is 9.69 Å². The van der Waals surface area contributed by atoms with Crippen molar-refractivity contribution in [2.75, 3.05) is 92.1 Å². The SMILES string of the molecule is CCCCCCCCC1CC1CCCCCCCCOCC(COCCCCCCCCC1CC1CCCCCCCC)(COCCCCCCCCC1CC1CCCCCCCC)COC(=O)CCN1CCN(CCO)CC1. The van der Waals surface area contributed by atoms with E-state index in [-0.39, 0.29) is 19.2 Å². The first-order chi connectivity index (χ1) is 39.0. The van der Waals surface area contributed by atoms with E-state index >= 15 is 0 Å². The fourth-order valence-electron chi connectivity index (χ4n) is 13.6. The van der Waals surface area contributed by atoms with E-state index in [1.807, 2.05) is 0 Å². The molecule has 4 aliphatic rings. The van der Waals surface area contributed by atoms with Crippen LogP contribution in [-0.4, -0.2) is 113 Å². The third-order valence-corrected chi connectivity index (χ3v) is 19.6. The summed E-state index contributed by atoms with van der Waals surface area (Å²) in [6, 6.07) is 0. The Labute approximate surface area is 491 Å². The van der Waals surface area contributed by atoms with Crippen molar-refractivity contribution < 1.29 is 28.8 Å². The molecule has 79 heavy (non-hydrogen) atoms. The number of carbonyl (C=O) groups excluding carboxylic acids is 1. The Kier molecular flexibility index (Phi) is 43.4. The average Bonchev–Trinajstić information content (AvgIpc) is 4.42. The second kappa shape index (κ2) is 48.5. The minimum atomic E-state index is -0.521. The molecule has 0 aromatic carbocycles. The molecule has 1 saturated heterocycles. The lowest BCUT2D eigenvalue weighted by molar-refractivity contribution is -0.156. The first-order valence-corrected chi connectivity index (χ1v) is 35.9. The number of rotatable bonds is 61. The number of unbranched alkanes of at least 4 members (excludes halogenated alkanes) is 30. The Balaban J connectivity index is 1.16. The quantitative estimate of drug-likeness (QED) is 0.0477. The Morgan fingerprint density at radius 1 is 0.367 bits per heavy atom. The van der Waals surface area contributed by atoms with Crippen molar-refractivity contribution in [2.24, 2.45) is 40.9 Å². The lowest BCUT2D eigenvalue weighted by atomic mass is 9.92. The molecule has 1 aliphatic heterocycles. The van der Waals surface area contributed by atoms with Gasteiger partial charge in [0.25, 0.3) is 0 Å². The fourth-order valence-corrected chi connectivity index (χ4v) is 13.6. The highest BCUT2D eigenvalue weighted by Crippen LogP contribution is 2.47. The molecule has 8 nitrogen and oxygen atoms in total. The van der Waals surface area contributed by atoms with Gasteiger partial charge in [0.1, 0.15) is 6.61 Å². The zero-order valence-electron chi connectivity index (χ0n) is 53.3. The number of piperazine rings is 1. The van der Waals surface area contributed by atoms with Crippen LogP contribution < -0.4 is 0 Å². The van der Waals surface area contributed by atoms with Crippen LogP contribution in [0.1, 0.15) is 316 Å². The van der Waals surface area contributed by atoms with Gasteiger partial charge in [0.15, 0.2) is 0 Å². The van der Waals surface area contributed by atoms with Crippen molar-refractivity contribution in [3.8, 4) is 0 Å². The zero-order chi connectivity index (χ0) is 56.0. The molecule has 0 bridgehead atoms. The number of aliphatic hydroxyl groups excluding tert-OH is 1. The third kappa shape index (κ3) is 38.0. The Morgan fingerprint density at radius 2 is 0.633 bits per heavy atom. The Bertz CT molecular complexity index is 1240. The largest absolute Gasteiger partial charge is 0.465 e. The van der Waals surface area contributed by atoms with Crippen molar-refractivity contribution in [2.45, 2.75) is 316 Å². The first-order valence-electron chi connectivity index (χ1n) is 35.9. The van der Waals surface area contributed by atoms with Crippen molar-refractivity contribution in [3.63, 3.8) is 0 Å². The highest BCUT2D eigenvalue weighted by Gasteiger charge is 2.37. The van der Waals surface area contributed by atoms with Gasteiger partial charge in [0.2, 0.25) is 0 Å². The third-order valence-electron chi connectivity index (χ3n) is 19.6. The lowest BCUT2D eigenvalue weighted by Gasteiger charge is -2.34. The maximum atomic E-state index is 13.5. The zero-order valence-corrected chi connectivity index (χ0v) is 53.3. The number of β-amino-alcohol motifs (C(OH)–C–C–N with tert-alkyl or cyclic N) is 1. The van der Waals surface area contributed by atoms with Gasteiger partial charge in [0, 0.05) is 59.1 Å². The van der Waals surface area contributed by atoms with Crippen molar-refractivity contribution in [1.82, 2.24) is 9.80 Å². The molecule has 1 heterocycles. The van der Waals surface area contributed by atoms with Crippen LogP contribution in [0.4, 0.5) is 0 Å². The molecule has 4 rings (SSSR count). The number of nitrogens with zero attached hydrogens (tertiary/aromatic N) is 2. The van der Waals surface area contributed by atoms with E-state index in [1.165, 1.54) is 270 Å². The van der Waals surface area contributed by atoms with Gasteiger partial charge in [-0.25, -0.2) is 0 Å². The predicted octanol–water partition coefficient (Wildman–Crippen LogP) is 18.9. The summed E-state index contributed by atoms with van der Waals surface area (Å²) in [4.78, 5) is 18.1. The van der Waals surface area contributed by atoms with Crippen LogP contribution in [0.2, 0.25) is 0 Å². The summed E-state index contributed by atoms with van der Waals surface area (Å²) in [5, 5.41) is 9.40. The second-order valence-electron chi connectivity index (χ2n) is 27.1. The van der Waals surface area contributed by atoms with Crippen molar-refractivity contribution >= 4 is 5.97 Å². The van der Waals surface area contributed by atoms with Gasteiger partial charge in [-0.05, 0) is 74.0 Å². The second-order valence-corrected chi connectivity index (χ2v) is 27.1. The number of esters is 1. The molecule has 3 saturated carbocycles. The number of ether oxygens (including phenoxy) is 4. The van der Waals surface area contributed by atoms with E-state index in [0.29, 0.717) is 32.8 Å². The topological polar surface area (TPSA) is 80.7 Å². The lowest BCUT2D eigenvalue weighted by Crippen LogP contribution is -2.47. The molecule has 3 aliphatic carbocycles. The van der Waals surface area contributed by atoms with Gasteiger partial charge in [-0.15, -0.1) is 0 Å². The van der Waals surface area contributed by atoms with Crippen LogP contribution in [0, 0.1) is 40.9 Å². The molecule has 0 amide bonds. The monoisotopic (exact) mass is 1110 g/mol. The average molecular weight is 1110 g/mol. The summed E-state index contributed by atoms with van der Waals surface area (Å²) in [6.07, 6.45) is 62.6. The molecule has 0 spiro atoms. The van der Waals surface area contributed by atoms with Crippen LogP contribution in [-0.2, 0) is 23.7 Å². The molecule has 0 radical (unpaired) electrons. The van der Waals surface area contributed by atoms with Crippen molar-refractivity contribution in [3.05, 3.63) is 0 Å². The summed E-state index contributed by atoms with van der Waals surface area (Å²) in [5.74, 6) is 6.12. The van der Waals surface area contributed by atoms with E-state index in [4.69, 9.17) is 18.9 Å². The Morgan fingerprint density at radius 3 is 0.924 bits per heavy atom. The molecular weight excluding hydrogens is 977 g/mol. The normalized spacial score (nSPS) is 21.9. The molecule has 0 aromatic heterocycles. The summed E-state index contributed by atoms with van der Waals surface area (Å²) < 4.78 is 25.9. The van der Waals surface area contributed by atoms with Gasteiger partial charge in [-0.2, -0.15) is 0 Å². The molecule has 6 unspecified atom stereocenters. The summed E-state index contributed by atoms with van der Waals surface area (Å²) >= 11 is 0. The maximum Gasteiger partial charge on any atom is 0.307 e. The van der Waals surface area contributed by atoms with E-state index < -0.39 is 5.41 Å². The van der Waals surface area contributed by atoms with E-state index in [2.05, 4.69) is 30.6 Å². The minimum absolute atomic E-state index is 0.137. The molecule has 8 heteroatoms. The standard InChI is InChI=1S/C71H136N2O6/c1-4-7-10-13-22-31-40-64-57-67(64)43-34-25-16-19-28-37-54-76-60-71(63-79-70(75)46-47-72-48-50-73(51-49-72)52-53-74,61-77-55-38-29-20-17-26-35-44-68-58-65(68)41-32-23-14-11-8-5-2)62-78-56-39-30-21-18-27-36-45-69-59-66(69)42-33-24-15-12-9-6-3/h64-69,74H,4-63H2,1-3H3. The highest BCUT2D eigenvalue weighted by molar-refractivity contribution is 5.69. The van der Waals surface area contributed by atoms with E-state index in [0.717, 1.165) is 107 Å². The van der Waals surface area contributed by atoms with Crippen LogP contribution >= 0.6 is 0 Å². The van der Waals surface area contributed by atoms with Crippen LogP contribution in [0.5, 0.6) is 0 Å².